The number of thioether (sulfide) groups is 1. The standard InChI is InChI=1S/C31H31F3N4OS/c32-31(33,34)26-13-7-14-27(22-26)38-29(25-11-5-2-6-12-25)35-36-30(38)40-20-8-15-28(39)37-18-16-24(17-19-37)21-23-9-3-1-4-10-23/h1-7,9-14,22,24H,8,15-21H2. The Morgan fingerprint density at radius 1 is 0.900 bits per heavy atom. The van der Waals surface area contributed by atoms with Crippen LogP contribution in [0.15, 0.2) is 90.1 Å². The average Bonchev–Trinajstić information content (AvgIpc) is 3.40. The molecule has 1 aromatic heterocycles. The van der Waals surface area contributed by atoms with E-state index in [1.54, 1.807) is 10.6 Å². The fraction of sp³-hybridized carbons (Fsp3) is 0.323. The first-order valence-electron chi connectivity index (χ1n) is 13.5. The lowest BCUT2D eigenvalue weighted by Crippen LogP contribution is -2.38. The molecule has 0 aliphatic carbocycles. The minimum atomic E-state index is -4.46. The van der Waals surface area contributed by atoms with Gasteiger partial charge in [0, 0.05) is 30.8 Å². The van der Waals surface area contributed by atoms with Gasteiger partial charge in [-0.05, 0) is 55.4 Å². The lowest BCUT2D eigenvalue weighted by atomic mass is 9.90. The Hall–Kier alpha value is -3.59. The molecule has 0 N–H and O–H groups in total. The second kappa shape index (κ2) is 12.7. The number of hydrogen-bond donors (Lipinski definition) is 0. The van der Waals surface area contributed by atoms with Crippen molar-refractivity contribution >= 4 is 17.7 Å². The minimum absolute atomic E-state index is 0.156. The van der Waals surface area contributed by atoms with Gasteiger partial charge in [0.25, 0.3) is 0 Å². The molecule has 5 rings (SSSR count). The number of benzene rings is 3. The second-order valence-corrected chi connectivity index (χ2v) is 11.1. The molecule has 0 atom stereocenters. The van der Waals surface area contributed by atoms with Crippen molar-refractivity contribution in [2.24, 2.45) is 5.92 Å². The molecule has 0 unspecified atom stereocenters. The highest BCUT2D eigenvalue weighted by atomic mass is 32.2. The van der Waals surface area contributed by atoms with Gasteiger partial charge in [-0.3, -0.25) is 9.36 Å². The van der Waals surface area contributed by atoms with Crippen LogP contribution >= 0.6 is 11.8 Å². The predicted octanol–water partition coefficient (Wildman–Crippen LogP) is 7.31. The van der Waals surface area contributed by atoms with Gasteiger partial charge >= 0.3 is 6.18 Å². The zero-order valence-corrected chi connectivity index (χ0v) is 22.9. The molecule has 1 aliphatic rings. The Kier molecular flexibility index (Phi) is 8.89. The summed E-state index contributed by atoms with van der Waals surface area (Å²) in [5.74, 6) is 1.82. The Labute approximate surface area is 236 Å². The van der Waals surface area contributed by atoms with E-state index in [9.17, 15) is 18.0 Å². The third-order valence-corrected chi connectivity index (χ3v) is 8.21. The number of halogens is 3. The van der Waals surface area contributed by atoms with Crippen molar-refractivity contribution in [3.05, 3.63) is 96.1 Å². The quantitative estimate of drug-likeness (QED) is 0.158. The minimum Gasteiger partial charge on any atom is -0.343 e. The third-order valence-electron chi connectivity index (χ3n) is 7.20. The molecule has 0 saturated carbocycles. The highest BCUT2D eigenvalue weighted by molar-refractivity contribution is 7.99. The SMILES string of the molecule is O=C(CCCSc1nnc(-c2ccccc2)n1-c1cccc(C(F)(F)F)c1)N1CCC(Cc2ccccc2)CC1. The third kappa shape index (κ3) is 6.94. The molecule has 5 nitrogen and oxygen atoms in total. The van der Waals surface area contributed by atoms with Gasteiger partial charge in [0.2, 0.25) is 5.91 Å². The maximum absolute atomic E-state index is 13.4. The van der Waals surface area contributed by atoms with Crippen LogP contribution in [0, 0.1) is 5.92 Å². The number of alkyl halides is 3. The number of amides is 1. The topological polar surface area (TPSA) is 51.0 Å². The molecule has 208 valence electrons. The van der Waals surface area contributed by atoms with Crippen molar-refractivity contribution in [1.29, 1.82) is 0 Å². The number of aromatic nitrogens is 3. The van der Waals surface area contributed by atoms with E-state index in [0.29, 0.717) is 41.2 Å². The van der Waals surface area contributed by atoms with Gasteiger partial charge in [0.15, 0.2) is 11.0 Å². The molecule has 40 heavy (non-hydrogen) atoms. The maximum atomic E-state index is 13.4. The molecule has 0 bridgehead atoms. The highest BCUT2D eigenvalue weighted by Crippen LogP contribution is 2.33. The summed E-state index contributed by atoms with van der Waals surface area (Å²) in [5.41, 5.74) is 1.71. The summed E-state index contributed by atoms with van der Waals surface area (Å²) in [7, 11) is 0. The van der Waals surface area contributed by atoms with Crippen molar-refractivity contribution in [2.45, 2.75) is 43.4 Å². The van der Waals surface area contributed by atoms with E-state index in [1.807, 2.05) is 41.3 Å². The van der Waals surface area contributed by atoms with Crippen molar-refractivity contribution in [3.8, 4) is 17.1 Å². The first kappa shape index (κ1) is 28.0. The molecular formula is C31H31F3N4OS. The first-order valence-corrected chi connectivity index (χ1v) is 14.5. The van der Waals surface area contributed by atoms with Gasteiger partial charge in [0.05, 0.1) is 11.3 Å². The van der Waals surface area contributed by atoms with Gasteiger partial charge in [0.1, 0.15) is 0 Å². The molecule has 4 aromatic rings. The van der Waals surface area contributed by atoms with E-state index in [1.165, 1.54) is 23.4 Å². The monoisotopic (exact) mass is 564 g/mol. The van der Waals surface area contributed by atoms with Crippen molar-refractivity contribution < 1.29 is 18.0 Å². The number of likely N-dealkylation sites (tertiary alicyclic amines) is 1. The number of carbonyl (C=O) groups is 1. The van der Waals surface area contributed by atoms with E-state index in [2.05, 4.69) is 34.5 Å². The lowest BCUT2D eigenvalue weighted by molar-refractivity contribution is -0.137. The largest absolute Gasteiger partial charge is 0.416 e. The molecule has 0 spiro atoms. The number of rotatable bonds is 9. The number of nitrogens with zero attached hydrogens (tertiary/aromatic N) is 4. The Balaban J connectivity index is 1.20. The normalized spacial score (nSPS) is 14.4. The summed E-state index contributed by atoms with van der Waals surface area (Å²) in [5, 5.41) is 9.12. The maximum Gasteiger partial charge on any atom is 0.416 e. The summed E-state index contributed by atoms with van der Waals surface area (Å²) in [4.78, 5) is 14.8. The number of carbonyl (C=O) groups excluding carboxylic acids is 1. The van der Waals surface area contributed by atoms with Crippen LogP contribution in [-0.2, 0) is 17.4 Å². The van der Waals surface area contributed by atoms with Crippen molar-refractivity contribution in [1.82, 2.24) is 19.7 Å². The molecule has 1 saturated heterocycles. The van der Waals surface area contributed by atoms with Gasteiger partial charge in [-0.25, -0.2) is 0 Å². The second-order valence-electron chi connectivity index (χ2n) is 10.0. The van der Waals surface area contributed by atoms with Crippen LogP contribution in [0.3, 0.4) is 0 Å². The molecular weight excluding hydrogens is 533 g/mol. The van der Waals surface area contributed by atoms with E-state index in [-0.39, 0.29) is 5.91 Å². The summed E-state index contributed by atoms with van der Waals surface area (Å²) in [6, 6.07) is 24.9. The van der Waals surface area contributed by atoms with Crippen molar-refractivity contribution in [3.63, 3.8) is 0 Å². The average molecular weight is 565 g/mol. The molecule has 1 amide bonds. The van der Waals surface area contributed by atoms with Gasteiger partial charge in [-0.2, -0.15) is 13.2 Å². The molecule has 1 fully saturated rings. The molecule has 3 aromatic carbocycles. The highest BCUT2D eigenvalue weighted by Gasteiger charge is 2.31. The number of piperidine rings is 1. The lowest BCUT2D eigenvalue weighted by Gasteiger charge is -2.32. The zero-order valence-electron chi connectivity index (χ0n) is 22.1. The predicted molar refractivity (Wildman–Crippen MR) is 151 cm³/mol. The summed E-state index contributed by atoms with van der Waals surface area (Å²) in [6.45, 7) is 1.57. The van der Waals surface area contributed by atoms with Crippen LogP contribution in [-0.4, -0.2) is 44.4 Å². The smallest absolute Gasteiger partial charge is 0.343 e. The fourth-order valence-electron chi connectivity index (χ4n) is 5.07. The van der Waals surface area contributed by atoms with E-state index in [0.717, 1.165) is 50.0 Å². The molecule has 0 radical (unpaired) electrons. The van der Waals surface area contributed by atoms with Crippen LogP contribution in [0.2, 0.25) is 0 Å². The number of hydrogen-bond acceptors (Lipinski definition) is 4. The van der Waals surface area contributed by atoms with Crippen LogP contribution in [0.25, 0.3) is 17.1 Å². The molecule has 9 heteroatoms. The summed E-state index contributed by atoms with van der Waals surface area (Å²) in [6.07, 6.45) is -0.309. The summed E-state index contributed by atoms with van der Waals surface area (Å²) >= 11 is 1.40. The summed E-state index contributed by atoms with van der Waals surface area (Å²) < 4.78 is 42.0. The van der Waals surface area contributed by atoms with Crippen LogP contribution < -0.4 is 0 Å². The van der Waals surface area contributed by atoms with E-state index >= 15 is 0 Å². The van der Waals surface area contributed by atoms with Crippen LogP contribution in [0.5, 0.6) is 0 Å². The first-order chi connectivity index (χ1) is 19.4. The zero-order chi connectivity index (χ0) is 28.0. The molecule has 1 aliphatic heterocycles. The van der Waals surface area contributed by atoms with E-state index in [4.69, 9.17) is 0 Å². The van der Waals surface area contributed by atoms with Crippen LogP contribution in [0.4, 0.5) is 13.2 Å². The Bertz CT molecular complexity index is 1400. The Morgan fingerprint density at radius 3 is 2.30 bits per heavy atom. The van der Waals surface area contributed by atoms with Gasteiger partial charge in [-0.1, -0.05) is 78.5 Å². The van der Waals surface area contributed by atoms with Gasteiger partial charge in [-0.15, -0.1) is 10.2 Å². The van der Waals surface area contributed by atoms with Crippen molar-refractivity contribution in [2.75, 3.05) is 18.8 Å². The fourth-order valence-corrected chi connectivity index (χ4v) is 5.96. The van der Waals surface area contributed by atoms with Gasteiger partial charge < -0.3 is 4.90 Å². The van der Waals surface area contributed by atoms with Crippen LogP contribution in [0.1, 0.15) is 36.8 Å². The Morgan fingerprint density at radius 2 is 1.60 bits per heavy atom. The molecule has 2 heterocycles. The van der Waals surface area contributed by atoms with E-state index < -0.39 is 11.7 Å².